The molecule has 1 aromatic carbocycles. The monoisotopic (exact) mass is 374 g/mol. The van der Waals surface area contributed by atoms with Crippen LogP contribution in [0.25, 0.3) is 0 Å². The number of amides is 1. The van der Waals surface area contributed by atoms with Gasteiger partial charge in [0.15, 0.2) is 0 Å². The lowest BCUT2D eigenvalue weighted by atomic mass is 9.99. The zero-order chi connectivity index (χ0) is 18.6. The van der Waals surface area contributed by atoms with Crippen LogP contribution in [-0.2, 0) is 14.8 Å². The van der Waals surface area contributed by atoms with E-state index in [2.05, 4.69) is 0 Å². The van der Waals surface area contributed by atoms with Crippen LogP contribution in [0.2, 0.25) is 0 Å². The Morgan fingerprint density at radius 2 is 2.04 bits per heavy atom. The minimum atomic E-state index is -3.80. The van der Waals surface area contributed by atoms with Crippen molar-refractivity contribution in [3.8, 4) is 0 Å². The molecule has 1 fully saturated rings. The molecular formula is C17H24F2N2O3S. The highest BCUT2D eigenvalue weighted by Gasteiger charge is 2.27. The van der Waals surface area contributed by atoms with E-state index in [-0.39, 0.29) is 30.6 Å². The predicted molar refractivity (Wildman–Crippen MR) is 92.8 cm³/mol. The molecule has 1 aromatic rings. The van der Waals surface area contributed by atoms with Gasteiger partial charge in [0.25, 0.3) is 0 Å². The average Bonchev–Trinajstić information content (AvgIpc) is 2.55. The van der Waals surface area contributed by atoms with Gasteiger partial charge >= 0.3 is 0 Å². The van der Waals surface area contributed by atoms with E-state index < -0.39 is 21.7 Å². The van der Waals surface area contributed by atoms with Crippen molar-refractivity contribution in [3.63, 3.8) is 0 Å². The van der Waals surface area contributed by atoms with Crippen molar-refractivity contribution in [2.45, 2.75) is 45.1 Å². The van der Waals surface area contributed by atoms with Crippen molar-refractivity contribution in [1.29, 1.82) is 0 Å². The quantitative estimate of drug-likeness (QED) is 0.769. The fourth-order valence-electron chi connectivity index (χ4n) is 3.24. The van der Waals surface area contributed by atoms with E-state index >= 15 is 0 Å². The summed E-state index contributed by atoms with van der Waals surface area (Å²) in [6, 6.07) is 2.88. The van der Waals surface area contributed by atoms with E-state index in [9.17, 15) is 22.0 Å². The Labute approximate surface area is 147 Å². The number of carbonyl (C=O) groups is 1. The van der Waals surface area contributed by atoms with E-state index in [4.69, 9.17) is 0 Å². The molecule has 0 radical (unpaired) electrons. The number of carbonyl (C=O) groups excluding carboxylic acids is 1. The van der Waals surface area contributed by atoms with Gasteiger partial charge in [0.1, 0.15) is 11.6 Å². The molecule has 1 unspecified atom stereocenters. The summed E-state index contributed by atoms with van der Waals surface area (Å²) in [5, 5.41) is 0. The van der Waals surface area contributed by atoms with Gasteiger partial charge in [-0.25, -0.2) is 17.2 Å². The van der Waals surface area contributed by atoms with Crippen LogP contribution < -0.4 is 4.31 Å². The third-order valence-electron chi connectivity index (χ3n) is 4.53. The topological polar surface area (TPSA) is 57.7 Å². The summed E-state index contributed by atoms with van der Waals surface area (Å²) in [4.78, 5) is 14.3. The van der Waals surface area contributed by atoms with Gasteiger partial charge in [0.05, 0.1) is 11.9 Å². The molecule has 1 amide bonds. The lowest BCUT2D eigenvalue weighted by Crippen LogP contribution is -2.45. The van der Waals surface area contributed by atoms with Gasteiger partial charge in [-0.15, -0.1) is 0 Å². The van der Waals surface area contributed by atoms with Crippen LogP contribution in [0.4, 0.5) is 14.5 Å². The van der Waals surface area contributed by atoms with Crippen LogP contribution in [0.1, 0.15) is 39.0 Å². The SMILES string of the molecule is CCC1CCCCN1C(=O)CCN(c1ccc(F)cc1F)S(C)(=O)=O. The molecule has 8 heteroatoms. The Kier molecular flexibility index (Phi) is 6.37. The molecule has 1 aliphatic rings. The molecule has 1 aliphatic heterocycles. The van der Waals surface area contributed by atoms with Crippen molar-refractivity contribution in [1.82, 2.24) is 4.90 Å². The first-order valence-electron chi connectivity index (χ1n) is 8.46. The average molecular weight is 374 g/mol. The summed E-state index contributed by atoms with van der Waals surface area (Å²) in [6.07, 6.45) is 4.72. The summed E-state index contributed by atoms with van der Waals surface area (Å²) >= 11 is 0. The molecule has 0 spiro atoms. The first-order valence-corrected chi connectivity index (χ1v) is 10.3. The van der Waals surface area contributed by atoms with Gasteiger partial charge in [-0.2, -0.15) is 0 Å². The first-order chi connectivity index (χ1) is 11.7. The Bertz CT molecular complexity index is 725. The van der Waals surface area contributed by atoms with Crippen molar-refractivity contribution >= 4 is 21.6 Å². The second-order valence-electron chi connectivity index (χ2n) is 6.33. The molecular weight excluding hydrogens is 350 g/mol. The van der Waals surface area contributed by atoms with Gasteiger partial charge in [-0.1, -0.05) is 6.92 Å². The van der Waals surface area contributed by atoms with Crippen LogP contribution in [0.15, 0.2) is 18.2 Å². The highest BCUT2D eigenvalue weighted by molar-refractivity contribution is 7.92. The van der Waals surface area contributed by atoms with E-state index in [1.807, 2.05) is 6.92 Å². The number of piperidine rings is 1. The molecule has 0 aromatic heterocycles. The summed E-state index contributed by atoms with van der Waals surface area (Å²) in [7, 11) is -3.80. The molecule has 2 rings (SSSR count). The Balaban J connectivity index is 2.14. The summed E-state index contributed by atoms with van der Waals surface area (Å²) in [5.74, 6) is -1.89. The standard InChI is InChI=1S/C17H24F2N2O3S/c1-3-14-6-4-5-10-20(14)17(22)9-11-21(25(2,23)24)16-8-7-13(18)12-15(16)19/h7-8,12,14H,3-6,9-11H2,1-2H3. The normalized spacial score (nSPS) is 18.2. The predicted octanol–water partition coefficient (Wildman–Crippen LogP) is 2.91. The van der Waals surface area contributed by atoms with E-state index in [1.165, 1.54) is 0 Å². The van der Waals surface area contributed by atoms with Gasteiger partial charge < -0.3 is 4.90 Å². The lowest BCUT2D eigenvalue weighted by molar-refractivity contribution is -0.134. The Morgan fingerprint density at radius 1 is 1.32 bits per heavy atom. The largest absolute Gasteiger partial charge is 0.340 e. The van der Waals surface area contributed by atoms with Gasteiger partial charge in [-0.05, 0) is 37.8 Å². The number of hydrogen-bond acceptors (Lipinski definition) is 3. The smallest absolute Gasteiger partial charge is 0.232 e. The molecule has 0 aliphatic carbocycles. The fourth-order valence-corrected chi connectivity index (χ4v) is 4.17. The highest BCUT2D eigenvalue weighted by atomic mass is 32.2. The van der Waals surface area contributed by atoms with E-state index in [0.29, 0.717) is 12.6 Å². The number of sulfonamides is 1. The highest BCUT2D eigenvalue weighted by Crippen LogP contribution is 2.24. The lowest BCUT2D eigenvalue weighted by Gasteiger charge is -2.36. The Hall–Kier alpha value is -1.70. The number of rotatable bonds is 6. The maximum absolute atomic E-state index is 14.0. The number of anilines is 1. The third-order valence-corrected chi connectivity index (χ3v) is 5.71. The summed E-state index contributed by atoms with van der Waals surface area (Å²) < 4.78 is 51.9. The van der Waals surface area contributed by atoms with Crippen molar-refractivity contribution in [2.75, 3.05) is 23.7 Å². The minimum absolute atomic E-state index is 0.0413. The molecule has 1 heterocycles. The second kappa shape index (κ2) is 8.12. The van der Waals surface area contributed by atoms with Crippen LogP contribution in [0.3, 0.4) is 0 Å². The van der Waals surface area contributed by atoms with Crippen LogP contribution >= 0.6 is 0 Å². The summed E-state index contributed by atoms with van der Waals surface area (Å²) in [6.45, 7) is 2.52. The minimum Gasteiger partial charge on any atom is -0.340 e. The molecule has 140 valence electrons. The van der Waals surface area contributed by atoms with Crippen LogP contribution in [0, 0.1) is 11.6 Å². The van der Waals surface area contributed by atoms with Crippen LogP contribution in [-0.4, -0.2) is 44.6 Å². The molecule has 0 N–H and O–H groups in total. The number of benzene rings is 1. The van der Waals surface area contributed by atoms with Gasteiger partial charge in [-0.3, -0.25) is 9.10 Å². The van der Waals surface area contributed by atoms with Crippen molar-refractivity contribution in [3.05, 3.63) is 29.8 Å². The number of halogens is 2. The van der Waals surface area contributed by atoms with Gasteiger partial charge in [0.2, 0.25) is 15.9 Å². The number of hydrogen-bond donors (Lipinski definition) is 0. The Morgan fingerprint density at radius 3 is 2.64 bits per heavy atom. The molecule has 1 saturated heterocycles. The van der Waals surface area contributed by atoms with Gasteiger partial charge in [0, 0.05) is 31.6 Å². The molecule has 0 bridgehead atoms. The second-order valence-corrected chi connectivity index (χ2v) is 8.23. The molecule has 0 saturated carbocycles. The van der Waals surface area contributed by atoms with Crippen molar-refractivity contribution in [2.24, 2.45) is 0 Å². The number of nitrogens with zero attached hydrogens (tertiary/aromatic N) is 2. The number of likely N-dealkylation sites (tertiary alicyclic amines) is 1. The summed E-state index contributed by atoms with van der Waals surface area (Å²) in [5.41, 5.74) is -0.248. The zero-order valence-electron chi connectivity index (χ0n) is 14.5. The van der Waals surface area contributed by atoms with E-state index in [1.54, 1.807) is 4.90 Å². The first kappa shape index (κ1) is 19.6. The maximum atomic E-state index is 14.0. The van der Waals surface area contributed by atoms with Crippen LogP contribution in [0.5, 0.6) is 0 Å². The zero-order valence-corrected chi connectivity index (χ0v) is 15.4. The molecule has 1 atom stereocenters. The maximum Gasteiger partial charge on any atom is 0.232 e. The third kappa shape index (κ3) is 4.90. The fraction of sp³-hybridized carbons (Fsp3) is 0.588. The molecule has 5 nitrogen and oxygen atoms in total. The molecule has 25 heavy (non-hydrogen) atoms. The van der Waals surface area contributed by atoms with E-state index in [0.717, 1.165) is 48.4 Å². The van der Waals surface area contributed by atoms with Crippen molar-refractivity contribution < 1.29 is 22.0 Å².